The van der Waals surface area contributed by atoms with Crippen molar-refractivity contribution in [2.75, 3.05) is 11.9 Å². The van der Waals surface area contributed by atoms with Crippen molar-refractivity contribution in [2.24, 2.45) is 5.73 Å². The first-order valence-corrected chi connectivity index (χ1v) is 8.46. The molecule has 0 aliphatic heterocycles. The second-order valence-electron chi connectivity index (χ2n) is 5.24. The zero-order valence-electron chi connectivity index (χ0n) is 13.9. The lowest BCUT2D eigenvalue weighted by Crippen LogP contribution is -2.40. The van der Waals surface area contributed by atoms with E-state index in [9.17, 15) is 19.2 Å². The van der Waals surface area contributed by atoms with Crippen LogP contribution in [0.25, 0.3) is 0 Å². The summed E-state index contributed by atoms with van der Waals surface area (Å²) in [6.07, 6.45) is 0. The lowest BCUT2D eigenvalue weighted by molar-refractivity contribution is -0.148. The Labute approximate surface area is 153 Å². The largest absolute Gasteiger partial charge is 0.454 e. The molecule has 0 spiro atoms. The molecule has 0 radical (unpaired) electrons. The first-order valence-electron chi connectivity index (χ1n) is 7.58. The number of hydrogen-bond acceptors (Lipinski definition) is 6. The Morgan fingerprint density at radius 3 is 2.50 bits per heavy atom. The summed E-state index contributed by atoms with van der Waals surface area (Å²) in [4.78, 5) is 46.9. The van der Waals surface area contributed by atoms with Crippen LogP contribution >= 0.6 is 11.3 Å². The van der Waals surface area contributed by atoms with E-state index in [4.69, 9.17) is 10.5 Å². The summed E-state index contributed by atoms with van der Waals surface area (Å²) in [6.45, 7) is 0.895. The highest BCUT2D eigenvalue weighted by molar-refractivity contribution is 7.14. The maximum Gasteiger partial charge on any atom is 0.328 e. The SMILES string of the molecule is C[C@H](NC(=O)c1ccccc1)C(=O)OCC(=O)Nc1sccc1C(N)=O. The maximum atomic E-state index is 12.0. The van der Waals surface area contributed by atoms with E-state index in [0.29, 0.717) is 5.56 Å². The van der Waals surface area contributed by atoms with E-state index in [-0.39, 0.29) is 10.6 Å². The maximum absolute atomic E-state index is 12.0. The number of carbonyl (C=O) groups is 4. The summed E-state index contributed by atoms with van der Waals surface area (Å²) in [5.74, 6) is -2.48. The van der Waals surface area contributed by atoms with Crippen LogP contribution in [0.15, 0.2) is 41.8 Å². The molecule has 2 aromatic rings. The van der Waals surface area contributed by atoms with E-state index in [1.807, 2.05) is 0 Å². The summed E-state index contributed by atoms with van der Waals surface area (Å²) in [5, 5.41) is 6.81. The van der Waals surface area contributed by atoms with Crippen LogP contribution in [0.4, 0.5) is 5.00 Å². The number of hydrogen-bond donors (Lipinski definition) is 3. The van der Waals surface area contributed by atoms with Gasteiger partial charge >= 0.3 is 5.97 Å². The van der Waals surface area contributed by atoms with Gasteiger partial charge in [-0.1, -0.05) is 18.2 Å². The molecule has 0 fully saturated rings. The van der Waals surface area contributed by atoms with Crippen molar-refractivity contribution in [1.82, 2.24) is 5.32 Å². The Bertz CT molecular complexity index is 819. The highest BCUT2D eigenvalue weighted by Crippen LogP contribution is 2.22. The van der Waals surface area contributed by atoms with Gasteiger partial charge in [0.2, 0.25) is 0 Å². The van der Waals surface area contributed by atoms with Crippen molar-refractivity contribution >= 4 is 40.0 Å². The molecule has 0 bridgehead atoms. The van der Waals surface area contributed by atoms with Crippen molar-refractivity contribution < 1.29 is 23.9 Å². The fraction of sp³-hybridized carbons (Fsp3) is 0.176. The zero-order valence-corrected chi connectivity index (χ0v) is 14.7. The van der Waals surface area contributed by atoms with E-state index >= 15 is 0 Å². The van der Waals surface area contributed by atoms with Gasteiger partial charge in [-0.3, -0.25) is 14.4 Å². The summed E-state index contributed by atoms with van der Waals surface area (Å²) >= 11 is 1.12. The third-order valence-corrected chi connectivity index (χ3v) is 4.10. The van der Waals surface area contributed by atoms with Crippen molar-refractivity contribution in [2.45, 2.75) is 13.0 Å². The predicted molar refractivity (Wildman–Crippen MR) is 95.8 cm³/mol. The number of primary amides is 1. The number of anilines is 1. The molecule has 3 amide bonds. The molecule has 1 aromatic carbocycles. The molecular formula is C17H17N3O5S. The quantitative estimate of drug-likeness (QED) is 0.626. The zero-order chi connectivity index (χ0) is 19.1. The van der Waals surface area contributed by atoms with Gasteiger partial charge in [0.1, 0.15) is 11.0 Å². The van der Waals surface area contributed by atoms with Crippen molar-refractivity contribution in [1.29, 1.82) is 0 Å². The number of amides is 3. The number of esters is 1. The fourth-order valence-corrected chi connectivity index (χ4v) is 2.76. The number of rotatable bonds is 7. The van der Waals surface area contributed by atoms with Gasteiger partial charge in [0.25, 0.3) is 17.7 Å². The fourth-order valence-electron chi connectivity index (χ4n) is 1.95. The average Bonchev–Trinajstić information content (AvgIpc) is 3.08. The molecule has 8 nitrogen and oxygen atoms in total. The van der Waals surface area contributed by atoms with Gasteiger partial charge in [-0.05, 0) is 30.5 Å². The van der Waals surface area contributed by atoms with Gasteiger partial charge in [-0.2, -0.15) is 0 Å². The minimum atomic E-state index is -0.932. The molecule has 26 heavy (non-hydrogen) atoms. The summed E-state index contributed by atoms with van der Waals surface area (Å²) in [6, 6.07) is 8.94. The van der Waals surface area contributed by atoms with E-state index < -0.39 is 36.3 Å². The Morgan fingerprint density at radius 1 is 1.15 bits per heavy atom. The Kier molecular flexibility index (Phi) is 6.45. The van der Waals surface area contributed by atoms with Crippen LogP contribution in [0.3, 0.4) is 0 Å². The highest BCUT2D eigenvalue weighted by Gasteiger charge is 2.19. The summed E-state index contributed by atoms with van der Waals surface area (Å²) in [5.41, 5.74) is 5.76. The number of carbonyl (C=O) groups excluding carboxylic acids is 4. The van der Waals surface area contributed by atoms with E-state index in [1.165, 1.54) is 13.0 Å². The Hall–Kier alpha value is -3.20. The van der Waals surface area contributed by atoms with Gasteiger partial charge < -0.3 is 21.1 Å². The van der Waals surface area contributed by atoms with Crippen LogP contribution in [0, 0.1) is 0 Å². The smallest absolute Gasteiger partial charge is 0.328 e. The van der Waals surface area contributed by atoms with Crippen LogP contribution in [0.2, 0.25) is 0 Å². The molecule has 0 saturated carbocycles. The van der Waals surface area contributed by atoms with Crippen LogP contribution in [0.5, 0.6) is 0 Å². The molecule has 136 valence electrons. The number of benzene rings is 1. The highest BCUT2D eigenvalue weighted by atomic mass is 32.1. The third-order valence-electron chi connectivity index (χ3n) is 3.27. The van der Waals surface area contributed by atoms with Gasteiger partial charge in [0.05, 0.1) is 5.56 Å². The third kappa shape index (κ3) is 5.15. The molecule has 0 saturated heterocycles. The molecule has 0 unspecified atom stereocenters. The van der Waals surface area contributed by atoms with Crippen molar-refractivity contribution in [3.05, 3.63) is 52.9 Å². The topological polar surface area (TPSA) is 128 Å². The first-order chi connectivity index (χ1) is 12.4. The minimum absolute atomic E-state index is 0.179. The Morgan fingerprint density at radius 2 is 1.85 bits per heavy atom. The molecule has 2 rings (SSSR count). The minimum Gasteiger partial charge on any atom is -0.454 e. The second kappa shape index (κ2) is 8.77. The molecular weight excluding hydrogens is 358 g/mol. The number of nitrogens with one attached hydrogen (secondary N) is 2. The lowest BCUT2D eigenvalue weighted by atomic mass is 10.2. The molecule has 1 atom stereocenters. The normalized spacial score (nSPS) is 11.3. The Balaban J connectivity index is 1.81. The molecule has 1 aromatic heterocycles. The summed E-state index contributed by atoms with van der Waals surface area (Å²) in [7, 11) is 0. The lowest BCUT2D eigenvalue weighted by Gasteiger charge is -2.13. The number of nitrogens with two attached hydrogens (primary N) is 1. The number of thiophene rings is 1. The van der Waals surface area contributed by atoms with E-state index in [2.05, 4.69) is 10.6 Å². The van der Waals surface area contributed by atoms with E-state index in [0.717, 1.165) is 11.3 Å². The van der Waals surface area contributed by atoms with Crippen LogP contribution < -0.4 is 16.4 Å². The van der Waals surface area contributed by atoms with Crippen LogP contribution in [-0.2, 0) is 14.3 Å². The van der Waals surface area contributed by atoms with Crippen molar-refractivity contribution in [3.63, 3.8) is 0 Å². The second-order valence-corrected chi connectivity index (χ2v) is 6.16. The molecule has 0 aliphatic rings. The van der Waals surface area contributed by atoms with E-state index in [1.54, 1.807) is 35.7 Å². The number of ether oxygens (including phenoxy) is 1. The summed E-state index contributed by atoms with van der Waals surface area (Å²) < 4.78 is 4.87. The van der Waals surface area contributed by atoms with Gasteiger partial charge in [-0.15, -0.1) is 11.3 Å². The molecule has 1 heterocycles. The van der Waals surface area contributed by atoms with Gasteiger partial charge in [0, 0.05) is 5.56 Å². The predicted octanol–water partition coefficient (Wildman–Crippen LogP) is 1.15. The standard InChI is InChI=1S/C17H17N3O5S/c1-10(19-15(23)11-5-3-2-4-6-11)17(24)25-9-13(21)20-16-12(14(18)22)7-8-26-16/h2-8,10H,9H2,1H3,(H2,18,22)(H,19,23)(H,20,21)/t10-/m0/s1. The van der Waals surface area contributed by atoms with Crippen LogP contribution in [-0.4, -0.2) is 36.3 Å². The van der Waals surface area contributed by atoms with Gasteiger partial charge in [-0.25, -0.2) is 4.79 Å². The van der Waals surface area contributed by atoms with Gasteiger partial charge in [0.15, 0.2) is 6.61 Å². The monoisotopic (exact) mass is 375 g/mol. The van der Waals surface area contributed by atoms with Crippen LogP contribution in [0.1, 0.15) is 27.6 Å². The van der Waals surface area contributed by atoms with Crippen molar-refractivity contribution in [3.8, 4) is 0 Å². The molecule has 4 N–H and O–H groups in total. The first kappa shape index (κ1) is 19.1. The molecule has 9 heteroatoms. The average molecular weight is 375 g/mol. The molecule has 0 aliphatic carbocycles.